The van der Waals surface area contributed by atoms with E-state index in [9.17, 15) is 9.90 Å². The molecule has 1 aromatic rings. The van der Waals surface area contributed by atoms with E-state index in [1.807, 2.05) is 13.8 Å². The number of ether oxygens (including phenoxy) is 2. The molecule has 1 saturated heterocycles. The number of carbonyl (C=O) groups is 1. The molecule has 0 aromatic heterocycles. The molecular formula is C15H19N3O4. The molecule has 1 aromatic carbocycles. The molecule has 3 unspecified atom stereocenters. The van der Waals surface area contributed by atoms with Gasteiger partial charge in [-0.1, -0.05) is 37.2 Å². The standard InChI is InChI=1S/C15H19N3O4/c1-9-10(2)13(17-18-16)15(21-12(9)8-19)22-14(20)11-6-4-3-5-7-11/h3-7,9-10,12-13,15,19H,8H2,1-2H3/t9?,10-,12?,13+,15?/m0/s1. The first-order valence-corrected chi connectivity index (χ1v) is 7.15. The number of rotatable bonds is 4. The molecule has 0 saturated carbocycles. The summed E-state index contributed by atoms with van der Waals surface area (Å²) in [6.45, 7) is 3.60. The predicted octanol–water partition coefficient (Wildman–Crippen LogP) is 2.51. The van der Waals surface area contributed by atoms with Crippen LogP contribution in [0.2, 0.25) is 0 Å². The summed E-state index contributed by atoms with van der Waals surface area (Å²) < 4.78 is 11.0. The van der Waals surface area contributed by atoms with E-state index in [2.05, 4.69) is 10.0 Å². The first-order valence-electron chi connectivity index (χ1n) is 7.15. The van der Waals surface area contributed by atoms with E-state index >= 15 is 0 Å². The van der Waals surface area contributed by atoms with Crippen LogP contribution < -0.4 is 0 Å². The van der Waals surface area contributed by atoms with Gasteiger partial charge in [0.1, 0.15) is 6.04 Å². The summed E-state index contributed by atoms with van der Waals surface area (Å²) >= 11 is 0. The van der Waals surface area contributed by atoms with E-state index in [1.54, 1.807) is 30.3 Å². The maximum absolute atomic E-state index is 12.1. The molecule has 1 heterocycles. The molecule has 1 aliphatic rings. The Morgan fingerprint density at radius 1 is 1.36 bits per heavy atom. The van der Waals surface area contributed by atoms with Crippen molar-refractivity contribution in [3.05, 3.63) is 46.3 Å². The van der Waals surface area contributed by atoms with Crippen LogP contribution in [0.1, 0.15) is 24.2 Å². The van der Waals surface area contributed by atoms with Gasteiger partial charge in [-0.3, -0.25) is 0 Å². The predicted molar refractivity (Wildman–Crippen MR) is 78.9 cm³/mol. The van der Waals surface area contributed by atoms with Crippen LogP contribution in [0.15, 0.2) is 35.4 Å². The number of azide groups is 1. The molecule has 0 amide bonds. The zero-order chi connectivity index (χ0) is 16.1. The largest absolute Gasteiger partial charge is 0.432 e. The normalized spacial score (nSPS) is 31.1. The van der Waals surface area contributed by atoms with Crippen LogP contribution in [0, 0.1) is 11.8 Å². The maximum Gasteiger partial charge on any atom is 0.340 e. The summed E-state index contributed by atoms with van der Waals surface area (Å²) in [6.07, 6.45) is -1.47. The Labute approximate surface area is 128 Å². The molecule has 2 rings (SSSR count). The minimum absolute atomic E-state index is 0.0211. The number of aliphatic hydroxyl groups is 1. The zero-order valence-electron chi connectivity index (χ0n) is 12.5. The second-order valence-electron chi connectivity index (χ2n) is 5.41. The van der Waals surface area contributed by atoms with E-state index in [0.29, 0.717) is 5.56 Å². The SMILES string of the molecule is CC1C(CO)OC(OC(=O)c2ccccc2)[C@H](N=[N+]=[N-])[C@H]1C. The van der Waals surface area contributed by atoms with Crippen LogP contribution in [0.25, 0.3) is 10.4 Å². The van der Waals surface area contributed by atoms with Crippen molar-refractivity contribution in [2.24, 2.45) is 17.0 Å². The average molecular weight is 305 g/mol. The third kappa shape index (κ3) is 3.39. The fourth-order valence-electron chi connectivity index (χ4n) is 2.55. The lowest BCUT2D eigenvalue weighted by molar-refractivity contribution is -0.214. The molecular weight excluding hydrogens is 286 g/mol. The van der Waals surface area contributed by atoms with Crippen molar-refractivity contribution < 1.29 is 19.4 Å². The van der Waals surface area contributed by atoms with Gasteiger partial charge < -0.3 is 14.6 Å². The van der Waals surface area contributed by atoms with Crippen molar-refractivity contribution >= 4 is 5.97 Å². The van der Waals surface area contributed by atoms with Crippen molar-refractivity contribution in [3.63, 3.8) is 0 Å². The van der Waals surface area contributed by atoms with Gasteiger partial charge >= 0.3 is 5.97 Å². The van der Waals surface area contributed by atoms with E-state index in [0.717, 1.165) is 0 Å². The minimum atomic E-state index is -1.01. The second-order valence-corrected chi connectivity index (χ2v) is 5.41. The molecule has 0 aliphatic carbocycles. The fraction of sp³-hybridized carbons (Fsp3) is 0.533. The smallest absolute Gasteiger partial charge is 0.340 e. The first-order chi connectivity index (χ1) is 10.6. The Kier molecular flexibility index (Phi) is 5.38. The van der Waals surface area contributed by atoms with Gasteiger partial charge in [-0.15, -0.1) is 0 Å². The molecule has 5 atom stereocenters. The Hall–Kier alpha value is -2.08. The number of nitrogens with zero attached hydrogens (tertiary/aromatic N) is 3. The Bertz CT molecular complexity index is 559. The lowest BCUT2D eigenvalue weighted by Gasteiger charge is -2.41. The van der Waals surface area contributed by atoms with Gasteiger partial charge in [0.15, 0.2) is 0 Å². The highest BCUT2D eigenvalue weighted by Gasteiger charge is 2.42. The molecule has 0 bridgehead atoms. The lowest BCUT2D eigenvalue weighted by atomic mass is 9.82. The van der Waals surface area contributed by atoms with Gasteiger partial charge in [-0.2, -0.15) is 0 Å². The van der Waals surface area contributed by atoms with Crippen molar-refractivity contribution in [3.8, 4) is 0 Å². The maximum atomic E-state index is 12.1. The second kappa shape index (κ2) is 7.26. The molecule has 22 heavy (non-hydrogen) atoms. The summed E-state index contributed by atoms with van der Waals surface area (Å²) in [6, 6.07) is 7.87. The van der Waals surface area contributed by atoms with Crippen molar-refractivity contribution in [2.45, 2.75) is 32.3 Å². The summed E-state index contributed by atoms with van der Waals surface area (Å²) in [5.41, 5.74) is 9.11. The van der Waals surface area contributed by atoms with Gasteiger partial charge in [0, 0.05) is 4.91 Å². The van der Waals surface area contributed by atoms with Crippen LogP contribution in [0.5, 0.6) is 0 Å². The van der Waals surface area contributed by atoms with Gasteiger partial charge in [-0.05, 0) is 29.5 Å². The third-order valence-corrected chi connectivity index (χ3v) is 4.14. The molecule has 1 N–H and O–H groups in total. The lowest BCUT2D eigenvalue weighted by Crippen LogP contribution is -2.51. The molecule has 1 fully saturated rings. The highest BCUT2D eigenvalue weighted by atomic mass is 16.7. The van der Waals surface area contributed by atoms with Gasteiger partial charge in [0.05, 0.1) is 18.3 Å². The van der Waals surface area contributed by atoms with Gasteiger partial charge in [-0.25, -0.2) is 4.79 Å². The zero-order valence-corrected chi connectivity index (χ0v) is 12.5. The van der Waals surface area contributed by atoms with Crippen molar-refractivity contribution in [1.29, 1.82) is 0 Å². The monoisotopic (exact) mass is 305 g/mol. The third-order valence-electron chi connectivity index (χ3n) is 4.14. The van der Waals surface area contributed by atoms with E-state index in [-0.39, 0.29) is 18.4 Å². The molecule has 7 nitrogen and oxygen atoms in total. The molecule has 0 radical (unpaired) electrons. The summed E-state index contributed by atoms with van der Waals surface area (Å²) in [5, 5.41) is 13.1. The Morgan fingerprint density at radius 3 is 2.64 bits per heavy atom. The van der Waals surface area contributed by atoms with Crippen LogP contribution in [0.4, 0.5) is 0 Å². The summed E-state index contributed by atoms with van der Waals surface area (Å²) in [4.78, 5) is 15.0. The quantitative estimate of drug-likeness (QED) is 0.399. The number of carbonyl (C=O) groups excluding carboxylic acids is 1. The molecule has 118 valence electrons. The highest BCUT2D eigenvalue weighted by molar-refractivity contribution is 5.89. The molecule has 7 heteroatoms. The summed E-state index contributed by atoms with van der Waals surface area (Å²) in [5.74, 6) is -0.662. The Balaban J connectivity index is 2.18. The highest BCUT2D eigenvalue weighted by Crippen LogP contribution is 2.33. The van der Waals surface area contributed by atoms with Crippen molar-refractivity contribution in [1.82, 2.24) is 0 Å². The fourth-order valence-corrected chi connectivity index (χ4v) is 2.55. The van der Waals surface area contributed by atoms with Gasteiger partial charge in [0.25, 0.3) is 0 Å². The van der Waals surface area contributed by atoms with E-state index in [1.165, 1.54) is 0 Å². The van der Waals surface area contributed by atoms with Crippen LogP contribution in [0.3, 0.4) is 0 Å². The van der Waals surface area contributed by atoms with E-state index in [4.69, 9.17) is 15.0 Å². The van der Waals surface area contributed by atoms with Crippen LogP contribution in [-0.2, 0) is 9.47 Å². The van der Waals surface area contributed by atoms with E-state index < -0.39 is 24.4 Å². The number of hydrogen-bond acceptors (Lipinski definition) is 5. The van der Waals surface area contributed by atoms with Gasteiger partial charge in [0.2, 0.25) is 6.29 Å². The van der Waals surface area contributed by atoms with Crippen LogP contribution >= 0.6 is 0 Å². The average Bonchev–Trinajstić information content (AvgIpc) is 2.55. The Morgan fingerprint density at radius 2 is 2.05 bits per heavy atom. The topological polar surface area (TPSA) is 105 Å². The number of esters is 1. The molecule has 0 spiro atoms. The van der Waals surface area contributed by atoms with Crippen LogP contribution in [-0.4, -0.2) is 36.1 Å². The minimum Gasteiger partial charge on any atom is -0.432 e. The number of benzene rings is 1. The summed E-state index contributed by atoms with van der Waals surface area (Å²) in [7, 11) is 0. The first kappa shape index (κ1) is 16.3. The van der Waals surface area contributed by atoms with Crippen molar-refractivity contribution in [2.75, 3.05) is 6.61 Å². The number of hydrogen-bond donors (Lipinski definition) is 1. The molecule has 1 aliphatic heterocycles. The number of aliphatic hydroxyl groups excluding tert-OH is 1.